The van der Waals surface area contributed by atoms with Crippen LogP contribution in [0.4, 0.5) is 0 Å². The maximum absolute atomic E-state index is 12.2. The van der Waals surface area contributed by atoms with Crippen LogP contribution in [0.2, 0.25) is 0 Å². The van der Waals surface area contributed by atoms with Crippen LogP contribution in [-0.4, -0.2) is 29.4 Å². The first-order valence-corrected chi connectivity index (χ1v) is 5.54. The molecule has 1 heterocycles. The molecular weight excluding hydrogens is 200 g/mol. The Morgan fingerprint density at radius 1 is 1.38 bits per heavy atom. The summed E-state index contributed by atoms with van der Waals surface area (Å²) in [5.41, 5.74) is 8.65. The SMILES string of the molecule is Cc1ccc(C)c(C(=O)N2CC(C)(N)C2)c1. The minimum Gasteiger partial charge on any atom is -0.335 e. The van der Waals surface area contributed by atoms with Crippen molar-refractivity contribution in [1.82, 2.24) is 4.90 Å². The van der Waals surface area contributed by atoms with Crippen molar-refractivity contribution in [2.24, 2.45) is 5.73 Å². The van der Waals surface area contributed by atoms with E-state index in [2.05, 4.69) is 0 Å². The van der Waals surface area contributed by atoms with E-state index in [1.807, 2.05) is 43.9 Å². The van der Waals surface area contributed by atoms with Crippen LogP contribution in [0.25, 0.3) is 0 Å². The fourth-order valence-electron chi connectivity index (χ4n) is 2.11. The summed E-state index contributed by atoms with van der Waals surface area (Å²) in [4.78, 5) is 14.0. The van der Waals surface area contributed by atoms with Crippen LogP contribution < -0.4 is 5.73 Å². The van der Waals surface area contributed by atoms with Gasteiger partial charge in [-0.3, -0.25) is 4.79 Å². The third kappa shape index (κ3) is 1.95. The summed E-state index contributed by atoms with van der Waals surface area (Å²) in [5, 5.41) is 0. The molecule has 2 N–H and O–H groups in total. The Morgan fingerprint density at radius 3 is 2.56 bits per heavy atom. The molecule has 1 amide bonds. The highest BCUT2D eigenvalue weighted by molar-refractivity contribution is 5.96. The van der Waals surface area contributed by atoms with Crippen LogP contribution in [-0.2, 0) is 0 Å². The molecule has 0 spiro atoms. The number of carbonyl (C=O) groups excluding carboxylic acids is 1. The van der Waals surface area contributed by atoms with Crippen molar-refractivity contribution in [3.8, 4) is 0 Å². The number of benzene rings is 1. The number of carbonyl (C=O) groups is 1. The Bertz CT molecular complexity index is 430. The van der Waals surface area contributed by atoms with Crippen molar-refractivity contribution >= 4 is 5.91 Å². The van der Waals surface area contributed by atoms with Gasteiger partial charge in [0.1, 0.15) is 0 Å². The number of amides is 1. The lowest BCUT2D eigenvalue weighted by Crippen LogP contribution is -2.66. The molecule has 3 nitrogen and oxygen atoms in total. The van der Waals surface area contributed by atoms with Gasteiger partial charge in [0, 0.05) is 24.2 Å². The largest absolute Gasteiger partial charge is 0.335 e. The van der Waals surface area contributed by atoms with Gasteiger partial charge in [-0.15, -0.1) is 0 Å². The Balaban J connectivity index is 2.19. The van der Waals surface area contributed by atoms with E-state index in [1.165, 1.54) is 0 Å². The fraction of sp³-hybridized carbons (Fsp3) is 0.462. The van der Waals surface area contributed by atoms with Gasteiger partial charge in [0.25, 0.3) is 5.91 Å². The van der Waals surface area contributed by atoms with Gasteiger partial charge in [-0.25, -0.2) is 0 Å². The van der Waals surface area contributed by atoms with E-state index in [-0.39, 0.29) is 11.4 Å². The maximum atomic E-state index is 12.2. The second-order valence-corrected chi connectivity index (χ2v) is 5.13. The molecule has 1 aliphatic rings. The van der Waals surface area contributed by atoms with Gasteiger partial charge in [-0.05, 0) is 32.4 Å². The van der Waals surface area contributed by atoms with Crippen molar-refractivity contribution in [2.45, 2.75) is 26.3 Å². The molecule has 1 aromatic rings. The second kappa shape index (κ2) is 3.59. The van der Waals surface area contributed by atoms with E-state index in [9.17, 15) is 4.79 Å². The van der Waals surface area contributed by atoms with Crippen molar-refractivity contribution in [1.29, 1.82) is 0 Å². The molecule has 1 aliphatic heterocycles. The fourth-order valence-corrected chi connectivity index (χ4v) is 2.11. The molecule has 1 saturated heterocycles. The summed E-state index contributed by atoms with van der Waals surface area (Å²) in [6.07, 6.45) is 0. The minimum atomic E-state index is -0.201. The molecule has 16 heavy (non-hydrogen) atoms. The molecule has 0 radical (unpaired) electrons. The zero-order valence-corrected chi connectivity index (χ0v) is 10.1. The van der Waals surface area contributed by atoms with E-state index in [4.69, 9.17) is 5.73 Å². The van der Waals surface area contributed by atoms with E-state index in [0.29, 0.717) is 13.1 Å². The van der Waals surface area contributed by atoms with E-state index >= 15 is 0 Å². The van der Waals surface area contributed by atoms with Crippen molar-refractivity contribution in [3.63, 3.8) is 0 Å². The van der Waals surface area contributed by atoms with E-state index in [1.54, 1.807) is 0 Å². The highest BCUT2D eigenvalue weighted by Crippen LogP contribution is 2.22. The molecule has 0 saturated carbocycles. The zero-order chi connectivity index (χ0) is 11.9. The first-order valence-electron chi connectivity index (χ1n) is 5.54. The summed E-state index contributed by atoms with van der Waals surface area (Å²) in [6.45, 7) is 7.24. The van der Waals surface area contributed by atoms with Gasteiger partial charge in [-0.2, -0.15) is 0 Å². The molecule has 0 bridgehead atoms. The van der Waals surface area contributed by atoms with Gasteiger partial charge >= 0.3 is 0 Å². The molecule has 0 unspecified atom stereocenters. The number of hydrogen-bond acceptors (Lipinski definition) is 2. The lowest BCUT2D eigenvalue weighted by atomic mass is 9.92. The van der Waals surface area contributed by atoms with Gasteiger partial charge in [0.2, 0.25) is 0 Å². The van der Waals surface area contributed by atoms with Crippen LogP contribution in [0, 0.1) is 13.8 Å². The Kier molecular flexibility index (Phi) is 2.50. The Labute approximate surface area is 96.2 Å². The van der Waals surface area contributed by atoms with Crippen LogP contribution in [0.5, 0.6) is 0 Å². The third-order valence-corrected chi connectivity index (χ3v) is 3.01. The van der Waals surface area contributed by atoms with Crippen molar-refractivity contribution in [2.75, 3.05) is 13.1 Å². The van der Waals surface area contributed by atoms with Crippen molar-refractivity contribution in [3.05, 3.63) is 34.9 Å². The molecule has 2 rings (SSSR count). The summed E-state index contributed by atoms with van der Waals surface area (Å²) in [7, 11) is 0. The quantitative estimate of drug-likeness (QED) is 0.776. The van der Waals surface area contributed by atoms with E-state index in [0.717, 1.165) is 16.7 Å². The van der Waals surface area contributed by atoms with Crippen LogP contribution in [0.1, 0.15) is 28.4 Å². The van der Waals surface area contributed by atoms with Crippen LogP contribution in [0.15, 0.2) is 18.2 Å². The summed E-state index contributed by atoms with van der Waals surface area (Å²) >= 11 is 0. The van der Waals surface area contributed by atoms with Gasteiger partial charge < -0.3 is 10.6 Å². The molecular formula is C13H18N2O. The molecule has 0 aliphatic carbocycles. The normalized spacial score (nSPS) is 18.1. The first-order chi connectivity index (χ1) is 7.39. The molecule has 0 atom stereocenters. The number of rotatable bonds is 1. The lowest BCUT2D eigenvalue weighted by molar-refractivity contribution is 0.0453. The van der Waals surface area contributed by atoms with Gasteiger partial charge in [0.15, 0.2) is 0 Å². The zero-order valence-electron chi connectivity index (χ0n) is 10.1. The van der Waals surface area contributed by atoms with Crippen molar-refractivity contribution < 1.29 is 4.79 Å². The predicted molar refractivity (Wildman–Crippen MR) is 64.4 cm³/mol. The van der Waals surface area contributed by atoms with E-state index < -0.39 is 0 Å². The van der Waals surface area contributed by atoms with Crippen LogP contribution >= 0.6 is 0 Å². The number of nitrogens with two attached hydrogens (primary N) is 1. The Morgan fingerprint density at radius 2 is 2.00 bits per heavy atom. The molecule has 1 fully saturated rings. The lowest BCUT2D eigenvalue weighted by Gasteiger charge is -2.45. The predicted octanol–water partition coefficient (Wildman–Crippen LogP) is 1.48. The number of hydrogen-bond donors (Lipinski definition) is 1. The standard InChI is InChI=1S/C13H18N2O/c1-9-4-5-10(2)11(6-9)12(16)15-7-13(3,14)8-15/h4-6H,7-8,14H2,1-3H3. The monoisotopic (exact) mass is 218 g/mol. The molecule has 3 heteroatoms. The maximum Gasteiger partial charge on any atom is 0.254 e. The summed E-state index contributed by atoms with van der Waals surface area (Å²) in [5.74, 6) is 0.101. The topological polar surface area (TPSA) is 46.3 Å². The summed E-state index contributed by atoms with van der Waals surface area (Å²) in [6, 6.07) is 5.96. The third-order valence-electron chi connectivity index (χ3n) is 3.01. The highest BCUT2D eigenvalue weighted by Gasteiger charge is 2.38. The number of nitrogens with zero attached hydrogens (tertiary/aromatic N) is 1. The van der Waals surface area contributed by atoms with Gasteiger partial charge in [0.05, 0.1) is 0 Å². The molecule has 1 aromatic carbocycles. The van der Waals surface area contributed by atoms with Crippen LogP contribution in [0.3, 0.4) is 0 Å². The van der Waals surface area contributed by atoms with Gasteiger partial charge in [-0.1, -0.05) is 17.7 Å². The second-order valence-electron chi connectivity index (χ2n) is 5.13. The minimum absolute atomic E-state index is 0.101. The average Bonchev–Trinajstić information content (AvgIpc) is 2.17. The molecule has 86 valence electrons. The smallest absolute Gasteiger partial charge is 0.254 e. The number of likely N-dealkylation sites (tertiary alicyclic amines) is 1. The average molecular weight is 218 g/mol. The number of aryl methyl sites for hydroxylation is 2. The highest BCUT2D eigenvalue weighted by atomic mass is 16.2. The first kappa shape index (κ1) is 11.1. The summed E-state index contributed by atoms with van der Waals surface area (Å²) < 4.78 is 0. The Hall–Kier alpha value is -1.35. The molecule has 0 aromatic heterocycles.